The van der Waals surface area contributed by atoms with Crippen molar-refractivity contribution < 1.29 is 0 Å². The highest BCUT2D eigenvalue weighted by atomic mass is 32.1. The first-order valence-electron chi connectivity index (χ1n) is 19.6. The average molecular weight is 726 g/mol. The topological polar surface area (TPSA) is 17.0 Å². The Bertz CT molecular complexity index is 3040. The summed E-state index contributed by atoms with van der Waals surface area (Å²) in [7, 11) is 2.49. The molecule has 1 radical (unpaired) electrons. The first-order chi connectivity index (χ1) is 26.6. The van der Waals surface area contributed by atoms with E-state index in [-0.39, 0.29) is 10.8 Å². The number of hydrogen-bond donors (Lipinski definition) is 1. The van der Waals surface area contributed by atoms with E-state index in [1.54, 1.807) is 0 Å². The third-order valence-electron chi connectivity index (χ3n) is 12.7. The fourth-order valence-electron chi connectivity index (χ4n) is 9.62. The SMILES string of the molecule is Cc1ccc(Nc2ccccc2-c2cc(-c3ccccc3)c3c4cc5c(cc4n4c3c2[B]c2cc3sc6ccccc6c3cc2-4)C(C)(C)CCC5(C)C)cc1. The maximum absolute atomic E-state index is 3.81. The molecule has 265 valence electrons. The van der Waals surface area contributed by atoms with Gasteiger partial charge in [0.1, 0.15) is 0 Å². The van der Waals surface area contributed by atoms with Gasteiger partial charge >= 0.3 is 0 Å². The van der Waals surface area contributed by atoms with Crippen LogP contribution in [-0.2, 0) is 10.8 Å². The number of thiophene rings is 1. The molecular formula is C51H42BN2S. The van der Waals surface area contributed by atoms with Crippen molar-refractivity contribution in [3.8, 4) is 27.9 Å². The first-order valence-corrected chi connectivity index (χ1v) is 20.5. The van der Waals surface area contributed by atoms with Crippen LogP contribution in [0.4, 0.5) is 11.4 Å². The highest BCUT2D eigenvalue weighted by molar-refractivity contribution is 7.26. The molecule has 0 unspecified atom stereocenters. The van der Waals surface area contributed by atoms with Crippen LogP contribution in [0.5, 0.6) is 0 Å². The van der Waals surface area contributed by atoms with Crippen LogP contribution in [0.2, 0.25) is 0 Å². The van der Waals surface area contributed by atoms with Crippen molar-refractivity contribution in [2.45, 2.75) is 58.3 Å². The molecule has 1 aliphatic heterocycles. The fourth-order valence-corrected chi connectivity index (χ4v) is 10.8. The molecule has 55 heavy (non-hydrogen) atoms. The molecule has 2 aliphatic rings. The van der Waals surface area contributed by atoms with Gasteiger partial charge in [0.05, 0.1) is 5.52 Å². The summed E-state index contributed by atoms with van der Waals surface area (Å²) in [6.07, 6.45) is 2.36. The summed E-state index contributed by atoms with van der Waals surface area (Å²) in [4.78, 5) is 0. The second-order valence-corrected chi connectivity index (χ2v) is 18.3. The summed E-state index contributed by atoms with van der Waals surface area (Å²) in [5.74, 6) is 0. The molecule has 0 fully saturated rings. The molecule has 0 saturated carbocycles. The Labute approximate surface area is 327 Å². The second-order valence-electron chi connectivity index (χ2n) is 17.2. The first kappa shape index (κ1) is 32.8. The Hall–Kier alpha value is -5.58. The molecule has 0 atom stereocenters. The Kier molecular flexibility index (Phi) is 6.99. The Morgan fingerprint density at radius 1 is 0.618 bits per heavy atom. The molecule has 7 aromatic carbocycles. The van der Waals surface area contributed by atoms with E-state index in [9.17, 15) is 0 Å². The van der Waals surface area contributed by atoms with E-state index in [4.69, 9.17) is 0 Å². The maximum atomic E-state index is 3.81. The zero-order valence-electron chi connectivity index (χ0n) is 32.0. The Balaban J connectivity index is 1.30. The van der Waals surface area contributed by atoms with Gasteiger partial charge in [-0.1, -0.05) is 118 Å². The van der Waals surface area contributed by atoms with E-state index < -0.39 is 0 Å². The molecule has 1 aliphatic carbocycles. The zero-order chi connectivity index (χ0) is 37.2. The van der Waals surface area contributed by atoms with E-state index >= 15 is 0 Å². The lowest BCUT2D eigenvalue weighted by Crippen LogP contribution is -2.37. The normalized spacial score (nSPS) is 15.3. The van der Waals surface area contributed by atoms with Crippen LogP contribution in [0.3, 0.4) is 0 Å². The van der Waals surface area contributed by atoms with Gasteiger partial charge < -0.3 is 9.88 Å². The number of para-hydroxylation sites is 1. The van der Waals surface area contributed by atoms with Gasteiger partial charge in [0.15, 0.2) is 7.28 Å². The van der Waals surface area contributed by atoms with Crippen molar-refractivity contribution in [3.63, 3.8) is 0 Å². The number of hydrogen-bond acceptors (Lipinski definition) is 2. The quantitative estimate of drug-likeness (QED) is 0.179. The summed E-state index contributed by atoms with van der Waals surface area (Å²) >= 11 is 1.90. The van der Waals surface area contributed by atoms with Gasteiger partial charge in [0.25, 0.3) is 0 Å². The average Bonchev–Trinajstić information content (AvgIpc) is 3.73. The van der Waals surface area contributed by atoms with Crippen LogP contribution in [0.1, 0.15) is 57.2 Å². The molecule has 4 heteroatoms. The van der Waals surface area contributed by atoms with Crippen LogP contribution < -0.4 is 16.2 Å². The van der Waals surface area contributed by atoms with Gasteiger partial charge in [-0.3, -0.25) is 0 Å². The van der Waals surface area contributed by atoms with E-state index in [1.165, 1.54) is 110 Å². The largest absolute Gasteiger partial charge is 0.355 e. The Morgan fingerprint density at radius 2 is 1.33 bits per heavy atom. The van der Waals surface area contributed by atoms with E-state index in [2.05, 4.69) is 185 Å². The molecule has 0 spiro atoms. The summed E-state index contributed by atoms with van der Waals surface area (Å²) in [5.41, 5.74) is 17.9. The minimum Gasteiger partial charge on any atom is -0.355 e. The molecule has 2 nitrogen and oxygen atoms in total. The van der Waals surface area contributed by atoms with E-state index in [1.807, 2.05) is 11.3 Å². The maximum Gasteiger partial charge on any atom is 0.197 e. The van der Waals surface area contributed by atoms with Crippen LogP contribution in [0.15, 0.2) is 133 Å². The monoisotopic (exact) mass is 725 g/mol. The number of nitrogens with zero attached hydrogens (tertiary/aromatic N) is 1. The molecule has 0 bridgehead atoms. The van der Waals surface area contributed by atoms with Crippen molar-refractivity contribution in [1.82, 2.24) is 4.57 Å². The molecule has 0 saturated heterocycles. The van der Waals surface area contributed by atoms with Gasteiger partial charge in [-0.2, -0.15) is 0 Å². The molecular weight excluding hydrogens is 683 g/mol. The van der Waals surface area contributed by atoms with Gasteiger partial charge in [0, 0.05) is 59.1 Å². The molecule has 0 amide bonds. The predicted octanol–water partition coefficient (Wildman–Crippen LogP) is 12.9. The van der Waals surface area contributed by atoms with Gasteiger partial charge in [-0.05, 0) is 118 Å². The molecule has 2 aromatic heterocycles. The van der Waals surface area contributed by atoms with Gasteiger partial charge in [-0.25, -0.2) is 0 Å². The Morgan fingerprint density at radius 3 is 2.13 bits per heavy atom. The number of aryl methyl sites for hydroxylation is 1. The van der Waals surface area contributed by atoms with E-state index in [0.29, 0.717) is 0 Å². The van der Waals surface area contributed by atoms with Crippen molar-refractivity contribution in [2.24, 2.45) is 0 Å². The summed E-state index contributed by atoms with van der Waals surface area (Å²) in [6, 6.07) is 50.1. The highest BCUT2D eigenvalue weighted by Crippen LogP contribution is 2.50. The van der Waals surface area contributed by atoms with Crippen molar-refractivity contribution >= 4 is 82.9 Å². The number of benzene rings is 7. The fraction of sp³-hybridized carbons (Fsp3) is 0.176. The smallest absolute Gasteiger partial charge is 0.197 e. The lowest BCUT2D eigenvalue weighted by atomic mass is 9.58. The van der Waals surface area contributed by atoms with Crippen molar-refractivity contribution in [1.29, 1.82) is 0 Å². The third kappa shape index (κ3) is 4.94. The van der Waals surface area contributed by atoms with Crippen LogP contribution in [0.25, 0.3) is 69.9 Å². The highest BCUT2D eigenvalue weighted by Gasteiger charge is 2.39. The molecule has 3 heterocycles. The van der Waals surface area contributed by atoms with E-state index in [0.717, 1.165) is 11.4 Å². The zero-order valence-corrected chi connectivity index (χ0v) is 32.9. The van der Waals surface area contributed by atoms with Gasteiger partial charge in [-0.15, -0.1) is 11.3 Å². The minimum absolute atomic E-state index is 0.0871. The second kappa shape index (κ2) is 11.7. The number of aromatic nitrogens is 1. The lowest BCUT2D eigenvalue weighted by molar-refractivity contribution is 0.332. The third-order valence-corrected chi connectivity index (χ3v) is 13.9. The van der Waals surface area contributed by atoms with Crippen molar-refractivity contribution in [3.05, 3.63) is 150 Å². The van der Waals surface area contributed by atoms with Crippen LogP contribution >= 0.6 is 11.3 Å². The lowest BCUT2D eigenvalue weighted by Gasteiger charge is -2.42. The predicted molar refractivity (Wildman–Crippen MR) is 239 cm³/mol. The van der Waals surface area contributed by atoms with Gasteiger partial charge in [0.2, 0.25) is 0 Å². The number of fused-ring (bicyclic) bond motifs is 9. The number of rotatable bonds is 4. The molecule has 1 N–H and O–H groups in total. The summed E-state index contributed by atoms with van der Waals surface area (Å²) in [6.45, 7) is 11.9. The summed E-state index contributed by atoms with van der Waals surface area (Å²) < 4.78 is 5.31. The minimum atomic E-state index is 0.0871. The van der Waals surface area contributed by atoms with Crippen LogP contribution in [-0.4, -0.2) is 11.8 Å². The summed E-state index contributed by atoms with van der Waals surface area (Å²) in [5, 5.41) is 9.15. The molecule has 11 rings (SSSR count). The number of nitrogens with one attached hydrogen (secondary N) is 1. The van der Waals surface area contributed by atoms with Crippen LogP contribution in [0, 0.1) is 6.92 Å². The van der Waals surface area contributed by atoms with Crippen molar-refractivity contribution in [2.75, 3.05) is 5.32 Å². The number of anilines is 2. The standard InChI is InChI=1S/C51H42BN2S/c1-30-19-21-32(22-20-30)53-42-17-11-9-15-33(42)37-25-35(31-13-7-6-8-14-31)47-38-26-39-40(51(4,5)24-23-50(39,2)3)28-43(38)54-44-27-36-34-16-10-12-18-45(34)55-46(36)29-41(44)52-48(37)49(47)54/h6-22,25-29,53H,23-24H2,1-5H3. The molecule has 9 aromatic rings.